The minimum Gasteiger partial charge on any atom is -0.419 e. The van der Waals surface area contributed by atoms with Crippen LogP contribution in [0.3, 0.4) is 0 Å². The normalized spacial score (nSPS) is 8.59. The molecule has 0 aliphatic carbocycles. The van der Waals surface area contributed by atoms with Crippen LogP contribution in [0.25, 0.3) is 0 Å². The van der Waals surface area contributed by atoms with Gasteiger partial charge in [0.2, 0.25) is 0 Å². The first kappa shape index (κ1) is 16.1. The molecular weight excluding hydrogens is 285 g/mol. The molecule has 0 aliphatic rings. The summed E-state index contributed by atoms with van der Waals surface area (Å²) in [5, 5.41) is 0. The van der Waals surface area contributed by atoms with E-state index in [0.717, 1.165) is 22.5 Å². The zero-order valence-electron chi connectivity index (χ0n) is 10.2. The Bertz CT molecular complexity index is 377. The Kier molecular flexibility index (Phi) is 7.85. The largest absolute Gasteiger partial charge is 0.419 e. The second kappa shape index (κ2) is 8.27. The number of anilines is 2. The van der Waals surface area contributed by atoms with Gasteiger partial charge in [-0.2, -0.15) is 35.4 Å². The second-order valence-electron chi connectivity index (χ2n) is 3.61. The predicted molar refractivity (Wildman–Crippen MR) is 68.9 cm³/mol. The molecule has 0 unspecified atom stereocenters. The fraction of sp³-hybridized carbons (Fsp3) is 0.143. The van der Waals surface area contributed by atoms with Crippen LogP contribution in [0.5, 0.6) is 0 Å². The second-order valence-corrected chi connectivity index (χ2v) is 3.61. The SMILES string of the molecule is Cc1[c-]ccc(N)c1.Cc1[c-]ccc(N)c1.[Y]. The van der Waals surface area contributed by atoms with Crippen LogP contribution in [0.4, 0.5) is 11.4 Å². The summed E-state index contributed by atoms with van der Waals surface area (Å²) in [6, 6.07) is 17.1. The summed E-state index contributed by atoms with van der Waals surface area (Å²) in [4.78, 5) is 0. The van der Waals surface area contributed by atoms with Crippen LogP contribution in [0.2, 0.25) is 0 Å². The molecule has 0 amide bonds. The number of nitrogen functional groups attached to an aromatic ring is 2. The van der Waals surface area contributed by atoms with E-state index in [-0.39, 0.29) is 32.7 Å². The molecule has 2 aromatic carbocycles. The van der Waals surface area contributed by atoms with E-state index < -0.39 is 0 Å². The molecule has 0 saturated heterocycles. The molecule has 1 radical (unpaired) electrons. The molecule has 0 atom stereocenters. The van der Waals surface area contributed by atoms with Crippen LogP contribution in [0, 0.1) is 26.0 Å². The quantitative estimate of drug-likeness (QED) is 0.581. The Hall–Kier alpha value is -0.856. The van der Waals surface area contributed by atoms with Crippen LogP contribution < -0.4 is 11.5 Å². The molecule has 0 aliphatic heterocycles. The molecular formula is C14H16N2Y-2. The summed E-state index contributed by atoms with van der Waals surface area (Å²) in [6.45, 7) is 3.94. The van der Waals surface area contributed by atoms with E-state index >= 15 is 0 Å². The van der Waals surface area contributed by atoms with Crippen LogP contribution in [-0.4, -0.2) is 0 Å². The smallest absolute Gasteiger partial charge is 0 e. The first-order chi connectivity index (χ1) is 7.58. The van der Waals surface area contributed by atoms with Crippen molar-refractivity contribution >= 4 is 11.4 Å². The molecule has 2 nitrogen and oxygen atoms in total. The molecule has 0 aromatic heterocycles. The average Bonchev–Trinajstić information content (AvgIpc) is 2.17. The number of hydrogen-bond acceptors (Lipinski definition) is 2. The van der Waals surface area contributed by atoms with Gasteiger partial charge in [0.05, 0.1) is 0 Å². The Morgan fingerprint density at radius 2 is 1.18 bits per heavy atom. The minimum atomic E-state index is 0. The molecule has 0 spiro atoms. The van der Waals surface area contributed by atoms with Crippen LogP contribution in [0.1, 0.15) is 11.1 Å². The van der Waals surface area contributed by atoms with Crippen molar-refractivity contribution in [1.29, 1.82) is 0 Å². The first-order valence-corrected chi connectivity index (χ1v) is 5.05. The number of hydrogen-bond donors (Lipinski definition) is 2. The van der Waals surface area contributed by atoms with Crippen molar-refractivity contribution in [3.05, 3.63) is 59.7 Å². The van der Waals surface area contributed by atoms with Gasteiger partial charge in [-0.1, -0.05) is 25.2 Å². The van der Waals surface area contributed by atoms with Gasteiger partial charge in [-0.15, -0.1) is 24.3 Å². The molecule has 3 heteroatoms. The van der Waals surface area contributed by atoms with Gasteiger partial charge in [0.1, 0.15) is 0 Å². The van der Waals surface area contributed by atoms with Gasteiger partial charge in [-0.25, -0.2) is 0 Å². The summed E-state index contributed by atoms with van der Waals surface area (Å²) >= 11 is 0. The zero-order valence-corrected chi connectivity index (χ0v) is 13.0. The average molecular weight is 301 g/mol. The van der Waals surface area contributed by atoms with Crippen molar-refractivity contribution in [3.8, 4) is 0 Å². The van der Waals surface area contributed by atoms with E-state index in [9.17, 15) is 0 Å². The Balaban J connectivity index is 0.000000284. The summed E-state index contributed by atoms with van der Waals surface area (Å²) < 4.78 is 0. The van der Waals surface area contributed by atoms with Crippen LogP contribution in [0.15, 0.2) is 36.4 Å². The van der Waals surface area contributed by atoms with E-state index in [1.807, 2.05) is 50.2 Å². The van der Waals surface area contributed by atoms with Gasteiger partial charge < -0.3 is 11.5 Å². The predicted octanol–water partition coefficient (Wildman–Crippen LogP) is 2.75. The number of rotatable bonds is 0. The maximum absolute atomic E-state index is 5.44. The minimum absolute atomic E-state index is 0. The third-order valence-corrected chi connectivity index (χ3v) is 1.94. The third-order valence-electron chi connectivity index (χ3n) is 1.94. The third kappa shape index (κ3) is 7.14. The maximum Gasteiger partial charge on any atom is 0 e. The standard InChI is InChI=1S/2C7H8N.Y/c2*1-6-3-2-4-7(8)5-6;/h2*2,4-5H,8H2,1H3;/q2*-1;. The fourth-order valence-corrected chi connectivity index (χ4v) is 1.22. The van der Waals surface area contributed by atoms with Crippen molar-refractivity contribution < 1.29 is 32.7 Å². The van der Waals surface area contributed by atoms with Crippen molar-refractivity contribution in [2.45, 2.75) is 13.8 Å². The van der Waals surface area contributed by atoms with Gasteiger partial charge in [0.25, 0.3) is 0 Å². The molecule has 2 rings (SSSR count). The monoisotopic (exact) mass is 301 g/mol. The Labute approximate surface area is 128 Å². The molecule has 0 saturated carbocycles. The molecule has 0 heterocycles. The van der Waals surface area contributed by atoms with Crippen molar-refractivity contribution in [3.63, 3.8) is 0 Å². The van der Waals surface area contributed by atoms with Gasteiger partial charge in [0, 0.05) is 32.7 Å². The molecule has 17 heavy (non-hydrogen) atoms. The molecule has 87 valence electrons. The maximum atomic E-state index is 5.44. The van der Waals surface area contributed by atoms with Crippen LogP contribution >= 0.6 is 0 Å². The van der Waals surface area contributed by atoms with Crippen molar-refractivity contribution in [1.82, 2.24) is 0 Å². The van der Waals surface area contributed by atoms with E-state index in [0.29, 0.717) is 0 Å². The fourth-order valence-electron chi connectivity index (χ4n) is 1.22. The van der Waals surface area contributed by atoms with E-state index in [1.165, 1.54) is 0 Å². The van der Waals surface area contributed by atoms with Gasteiger partial charge in [-0.05, 0) is 0 Å². The molecule has 0 fully saturated rings. The summed E-state index contributed by atoms with van der Waals surface area (Å²) in [6.07, 6.45) is 0. The topological polar surface area (TPSA) is 52.0 Å². The van der Waals surface area contributed by atoms with E-state index in [1.54, 1.807) is 0 Å². The molecule has 0 bridgehead atoms. The number of benzene rings is 2. The Morgan fingerprint density at radius 1 is 0.824 bits per heavy atom. The van der Waals surface area contributed by atoms with E-state index in [2.05, 4.69) is 12.1 Å². The van der Waals surface area contributed by atoms with Crippen molar-refractivity contribution in [2.24, 2.45) is 0 Å². The molecule has 2 aromatic rings. The van der Waals surface area contributed by atoms with Gasteiger partial charge in [0.15, 0.2) is 0 Å². The number of aryl methyl sites for hydroxylation is 2. The van der Waals surface area contributed by atoms with Crippen molar-refractivity contribution in [2.75, 3.05) is 11.5 Å². The molecule has 4 N–H and O–H groups in total. The Morgan fingerprint density at radius 3 is 1.35 bits per heavy atom. The number of nitrogens with two attached hydrogens (primary N) is 2. The zero-order chi connectivity index (χ0) is 12.0. The van der Waals surface area contributed by atoms with Crippen LogP contribution in [-0.2, 0) is 32.7 Å². The van der Waals surface area contributed by atoms with Gasteiger partial charge >= 0.3 is 0 Å². The summed E-state index contributed by atoms with van der Waals surface area (Å²) in [5.74, 6) is 0. The summed E-state index contributed by atoms with van der Waals surface area (Å²) in [7, 11) is 0. The first-order valence-electron chi connectivity index (χ1n) is 5.05. The van der Waals surface area contributed by atoms with Gasteiger partial charge in [-0.3, -0.25) is 0 Å². The summed E-state index contributed by atoms with van der Waals surface area (Å²) in [5.41, 5.74) is 14.7. The van der Waals surface area contributed by atoms with E-state index in [4.69, 9.17) is 11.5 Å².